The van der Waals surface area contributed by atoms with Crippen molar-refractivity contribution in [1.82, 2.24) is 4.98 Å². The van der Waals surface area contributed by atoms with Crippen LogP contribution in [0.1, 0.15) is 17.7 Å². The van der Waals surface area contributed by atoms with Gasteiger partial charge in [0.05, 0.1) is 0 Å². The van der Waals surface area contributed by atoms with Crippen molar-refractivity contribution >= 4 is 17.0 Å². The molecular formula is C12H11NO. The van der Waals surface area contributed by atoms with E-state index in [-0.39, 0.29) is 0 Å². The topological polar surface area (TPSA) is 36.0 Å². The largest absolute Gasteiger partial charge is 0.508 e. The Morgan fingerprint density at radius 1 is 1.29 bits per heavy atom. The van der Waals surface area contributed by atoms with Gasteiger partial charge in [-0.1, -0.05) is 12.2 Å². The molecule has 1 heterocycles. The van der Waals surface area contributed by atoms with Crippen LogP contribution >= 0.6 is 0 Å². The molecule has 2 heteroatoms. The SMILES string of the molecule is Oc1ccc2c3c([nH]c2c1)CCC=C3. The van der Waals surface area contributed by atoms with Crippen LogP contribution in [0.15, 0.2) is 24.3 Å². The number of nitrogens with one attached hydrogen (secondary N) is 1. The summed E-state index contributed by atoms with van der Waals surface area (Å²) in [5.41, 5.74) is 3.60. The quantitative estimate of drug-likeness (QED) is 0.650. The van der Waals surface area contributed by atoms with Gasteiger partial charge in [0.1, 0.15) is 5.75 Å². The summed E-state index contributed by atoms with van der Waals surface area (Å²) >= 11 is 0. The zero-order valence-electron chi connectivity index (χ0n) is 7.75. The first-order chi connectivity index (χ1) is 6.84. The van der Waals surface area contributed by atoms with Crippen LogP contribution in [0.25, 0.3) is 17.0 Å². The Morgan fingerprint density at radius 3 is 3.14 bits per heavy atom. The second-order valence-corrected chi connectivity index (χ2v) is 3.69. The molecule has 1 aromatic heterocycles. The van der Waals surface area contributed by atoms with Gasteiger partial charge in [0.25, 0.3) is 0 Å². The predicted octanol–water partition coefficient (Wildman–Crippen LogP) is 2.83. The Bertz CT molecular complexity index is 522. The van der Waals surface area contributed by atoms with E-state index in [2.05, 4.69) is 17.1 Å². The monoisotopic (exact) mass is 185 g/mol. The van der Waals surface area contributed by atoms with Gasteiger partial charge in [-0.15, -0.1) is 0 Å². The van der Waals surface area contributed by atoms with E-state index in [1.165, 1.54) is 16.6 Å². The van der Waals surface area contributed by atoms with Crippen molar-refractivity contribution in [2.45, 2.75) is 12.8 Å². The van der Waals surface area contributed by atoms with Crippen LogP contribution in [0, 0.1) is 0 Å². The first-order valence-electron chi connectivity index (χ1n) is 4.85. The molecule has 0 saturated heterocycles. The van der Waals surface area contributed by atoms with Gasteiger partial charge >= 0.3 is 0 Å². The van der Waals surface area contributed by atoms with E-state index in [0.717, 1.165) is 18.4 Å². The van der Waals surface area contributed by atoms with Crippen molar-refractivity contribution in [3.05, 3.63) is 35.5 Å². The van der Waals surface area contributed by atoms with E-state index < -0.39 is 0 Å². The van der Waals surface area contributed by atoms with E-state index in [4.69, 9.17) is 0 Å². The number of aromatic hydroxyl groups is 1. The van der Waals surface area contributed by atoms with Crippen molar-refractivity contribution in [2.75, 3.05) is 0 Å². The Balaban J connectivity index is 2.38. The standard InChI is InChI=1S/C12H11NO/c14-8-5-6-10-9-3-1-2-4-11(9)13-12(10)7-8/h1,3,5-7,13-14H,2,4H2. The maximum atomic E-state index is 9.35. The van der Waals surface area contributed by atoms with Crippen LogP contribution in [-0.2, 0) is 6.42 Å². The van der Waals surface area contributed by atoms with Crippen molar-refractivity contribution in [1.29, 1.82) is 0 Å². The summed E-state index contributed by atoms with van der Waals surface area (Å²) in [6.45, 7) is 0. The molecule has 0 amide bonds. The molecule has 1 aromatic carbocycles. The maximum absolute atomic E-state index is 9.35. The molecule has 2 N–H and O–H groups in total. The molecule has 0 aliphatic heterocycles. The second-order valence-electron chi connectivity index (χ2n) is 3.69. The molecule has 0 unspecified atom stereocenters. The van der Waals surface area contributed by atoms with Crippen LogP contribution in [0.5, 0.6) is 5.75 Å². The third kappa shape index (κ3) is 0.970. The van der Waals surface area contributed by atoms with E-state index >= 15 is 0 Å². The summed E-state index contributed by atoms with van der Waals surface area (Å²) in [5.74, 6) is 0.320. The third-order valence-corrected chi connectivity index (χ3v) is 2.75. The van der Waals surface area contributed by atoms with Gasteiger partial charge in [-0.05, 0) is 25.0 Å². The average Bonchev–Trinajstić information content (AvgIpc) is 2.54. The van der Waals surface area contributed by atoms with E-state index in [1.54, 1.807) is 12.1 Å². The molecule has 14 heavy (non-hydrogen) atoms. The fraction of sp³-hybridized carbons (Fsp3) is 0.167. The molecule has 3 rings (SSSR count). The number of aryl methyl sites for hydroxylation is 1. The van der Waals surface area contributed by atoms with Crippen molar-refractivity contribution in [2.24, 2.45) is 0 Å². The highest BCUT2D eigenvalue weighted by molar-refractivity contribution is 5.91. The number of hydrogen-bond acceptors (Lipinski definition) is 1. The van der Waals surface area contributed by atoms with Gasteiger partial charge in [-0.3, -0.25) is 0 Å². The predicted molar refractivity (Wildman–Crippen MR) is 57.3 cm³/mol. The molecule has 0 saturated carbocycles. The van der Waals surface area contributed by atoms with Gasteiger partial charge in [0.2, 0.25) is 0 Å². The van der Waals surface area contributed by atoms with Gasteiger partial charge in [-0.2, -0.15) is 0 Å². The van der Waals surface area contributed by atoms with Gasteiger partial charge in [0, 0.05) is 28.2 Å². The Kier molecular flexibility index (Phi) is 1.45. The summed E-state index contributed by atoms with van der Waals surface area (Å²) in [6, 6.07) is 5.48. The number of benzene rings is 1. The maximum Gasteiger partial charge on any atom is 0.117 e. The second kappa shape index (κ2) is 2.64. The van der Waals surface area contributed by atoms with E-state index in [0.29, 0.717) is 5.75 Å². The Morgan fingerprint density at radius 2 is 2.21 bits per heavy atom. The highest BCUT2D eigenvalue weighted by Crippen LogP contribution is 2.29. The highest BCUT2D eigenvalue weighted by Gasteiger charge is 2.11. The smallest absolute Gasteiger partial charge is 0.117 e. The summed E-state index contributed by atoms with van der Waals surface area (Å²) in [4.78, 5) is 3.35. The Hall–Kier alpha value is -1.70. The number of allylic oxidation sites excluding steroid dienone is 1. The molecule has 2 nitrogen and oxygen atoms in total. The minimum absolute atomic E-state index is 0.320. The lowest BCUT2D eigenvalue weighted by molar-refractivity contribution is 0.476. The molecule has 70 valence electrons. The summed E-state index contributed by atoms with van der Waals surface area (Å²) in [5, 5.41) is 10.6. The number of H-pyrrole nitrogens is 1. The minimum atomic E-state index is 0.320. The molecule has 0 atom stereocenters. The van der Waals surface area contributed by atoms with Gasteiger partial charge < -0.3 is 10.1 Å². The lowest BCUT2D eigenvalue weighted by Gasteiger charge is -2.03. The molecule has 2 aromatic rings. The normalized spacial score (nSPS) is 14.6. The van der Waals surface area contributed by atoms with E-state index in [9.17, 15) is 5.11 Å². The molecule has 1 aliphatic rings. The number of phenols is 1. The molecular weight excluding hydrogens is 174 g/mol. The number of aromatic amines is 1. The van der Waals surface area contributed by atoms with Crippen molar-refractivity contribution in [3.63, 3.8) is 0 Å². The van der Waals surface area contributed by atoms with Crippen molar-refractivity contribution in [3.8, 4) is 5.75 Å². The van der Waals surface area contributed by atoms with Gasteiger partial charge in [-0.25, -0.2) is 0 Å². The fourth-order valence-corrected chi connectivity index (χ4v) is 2.08. The Labute approximate surface area is 81.9 Å². The molecule has 0 fully saturated rings. The number of rotatable bonds is 0. The minimum Gasteiger partial charge on any atom is -0.508 e. The fourth-order valence-electron chi connectivity index (χ4n) is 2.08. The molecule has 0 bridgehead atoms. The van der Waals surface area contributed by atoms with Crippen LogP contribution in [0.4, 0.5) is 0 Å². The summed E-state index contributed by atoms with van der Waals surface area (Å²) < 4.78 is 0. The lowest BCUT2D eigenvalue weighted by Crippen LogP contribution is -1.90. The number of phenolic OH excluding ortho intramolecular Hbond substituents is 1. The molecule has 0 radical (unpaired) electrons. The van der Waals surface area contributed by atoms with Gasteiger partial charge in [0.15, 0.2) is 0 Å². The average molecular weight is 185 g/mol. The zero-order chi connectivity index (χ0) is 9.54. The summed E-state index contributed by atoms with van der Waals surface area (Å²) in [7, 11) is 0. The molecule has 0 spiro atoms. The number of aromatic nitrogens is 1. The van der Waals surface area contributed by atoms with Crippen LogP contribution in [0.2, 0.25) is 0 Å². The highest BCUT2D eigenvalue weighted by atomic mass is 16.3. The first-order valence-corrected chi connectivity index (χ1v) is 4.85. The number of hydrogen-bond donors (Lipinski definition) is 2. The molecule has 1 aliphatic carbocycles. The van der Waals surface area contributed by atoms with Crippen LogP contribution in [0.3, 0.4) is 0 Å². The van der Waals surface area contributed by atoms with Crippen molar-refractivity contribution < 1.29 is 5.11 Å². The number of fused-ring (bicyclic) bond motifs is 3. The van der Waals surface area contributed by atoms with Crippen LogP contribution in [-0.4, -0.2) is 10.1 Å². The zero-order valence-corrected chi connectivity index (χ0v) is 7.75. The first kappa shape index (κ1) is 7.68. The third-order valence-electron chi connectivity index (χ3n) is 2.75. The van der Waals surface area contributed by atoms with Crippen LogP contribution < -0.4 is 0 Å². The summed E-state index contributed by atoms with van der Waals surface area (Å²) in [6.07, 6.45) is 6.53. The van der Waals surface area contributed by atoms with E-state index in [1.807, 2.05) is 6.07 Å². The lowest BCUT2D eigenvalue weighted by atomic mass is 10.0.